The predicted octanol–water partition coefficient (Wildman–Crippen LogP) is 4.69. The summed E-state index contributed by atoms with van der Waals surface area (Å²) in [7, 11) is 0. The highest BCUT2D eigenvalue weighted by Crippen LogP contribution is 2.21. The molecule has 3 rings (SSSR count). The molecule has 1 N–H and O–H groups in total. The van der Waals surface area contributed by atoms with Gasteiger partial charge in [-0.05, 0) is 35.2 Å². The Morgan fingerprint density at radius 2 is 1.84 bits per heavy atom. The molecule has 0 saturated carbocycles. The Kier molecular flexibility index (Phi) is 3.24. The molecule has 2 aromatic carbocycles. The van der Waals surface area contributed by atoms with E-state index in [2.05, 4.69) is 55.2 Å². The fourth-order valence-electron chi connectivity index (χ4n) is 2.55. The molecule has 1 heterocycles. The summed E-state index contributed by atoms with van der Waals surface area (Å²) in [4.78, 5) is 8.15. The minimum atomic E-state index is 0.770. The summed E-state index contributed by atoms with van der Waals surface area (Å²) in [6.07, 6.45) is 3.51. The molecule has 98 valence electrons. The highest BCUT2D eigenvalue weighted by Gasteiger charge is 2.05. The Morgan fingerprint density at radius 1 is 1.11 bits per heavy atom. The van der Waals surface area contributed by atoms with Gasteiger partial charge in [-0.2, -0.15) is 0 Å². The third-order valence-corrected chi connectivity index (χ3v) is 3.59. The summed E-state index contributed by atoms with van der Waals surface area (Å²) in [5.74, 6) is 1.89. The first-order valence-corrected chi connectivity index (χ1v) is 7.10. The topological polar surface area (TPSA) is 28.7 Å². The number of fused-ring (bicyclic) bond motifs is 2. The zero-order chi connectivity index (χ0) is 13.2. The van der Waals surface area contributed by atoms with Crippen LogP contribution in [0.4, 0.5) is 0 Å². The van der Waals surface area contributed by atoms with Crippen LogP contribution in [-0.4, -0.2) is 9.97 Å². The van der Waals surface area contributed by atoms with Crippen molar-refractivity contribution in [2.75, 3.05) is 0 Å². The average Bonchev–Trinajstić information content (AvgIpc) is 2.77. The van der Waals surface area contributed by atoms with E-state index in [-0.39, 0.29) is 0 Å². The Labute approximate surface area is 113 Å². The van der Waals surface area contributed by atoms with Crippen LogP contribution in [0.1, 0.15) is 32.5 Å². The second-order valence-electron chi connectivity index (χ2n) is 5.69. The molecule has 0 aliphatic heterocycles. The number of nitrogens with one attached hydrogen (secondary N) is 1. The number of rotatable bonds is 4. The highest BCUT2D eigenvalue weighted by atomic mass is 14.9. The number of hydrogen-bond donors (Lipinski definition) is 1. The lowest BCUT2D eigenvalue weighted by atomic mass is 10.1. The summed E-state index contributed by atoms with van der Waals surface area (Å²) in [5.41, 5.74) is 2.23. The van der Waals surface area contributed by atoms with E-state index in [4.69, 9.17) is 4.98 Å². The summed E-state index contributed by atoms with van der Waals surface area (Å²) >= 11 is 0. The molecular formula is C17H20N2. The molecule has 2 nitrogen and oxygen atoms in total. The van der Waals surface area contributed by atoms with Crippen molar-refractivity contribution < 1.29 is 0 Å². The number of imidazole rings is 1. The number of H-pyrrole nitrogens is 1. The molecule has 19 heavy (non-hydrogen) atoms. The van der Waals surface area contributed by atoms with E-state index in [0.717, 1.165) is 29.2 Å². The van der Waals surface area contributed by atoms with Gasteiger partial charge in [-0.1, -0.05) is 44.5 Å². The smallest absolute Gasteiger partial charge is 0.107 e. The summed E-state index contributed by atoms with van der Waals surface area (Å²) < 4.78 is 0. The number of aryl methyl sites for hydroxylation is 1. The van der Waals surface area contributed by atoms with Gasteiger partial charge in [0.25, 0.3) is 0 Å². The van der Waals surface area contributed by atoms with Gasteiger partial charge < -0.3 is 4.98 Å². The number of nitrogens with zero attached hydrogens (tertiary/aromatic N) is 1. The van der Waals surface area contributed by atoms with Crippen molar-refractivity contribution in [3.63, 3.8) is 0 Å². The molecule has 2 heteroatoms. The first kappa shape index (κ1) is 12.2. The van der Waals surface area contributed by atoms with E-state index in [1.165, 1.54) is 23.6 Å². The number of benzene rings is 2. The maximum atomic E-state index is 4.70. The molecule has 0 radical (unpaired) electrons. The fraction of sp³-hybridized carbons (Fsp3) is 0.353. The third kappa shape index (κ3) is 2.62. The second kappa shape index (κ2) is 5.04. The molecule has 0 saturated heterocycles. The Hall–Kier alpha value is -1.83. The standard InChI is InChI=1S/C17H20N2/c1-12(2)6-5-9-17-18-15-10-13-7-3-4-8-14(13)11-16(15)19-17/h3-4,7-8,10-12H,5-6,9H2,1-2H3,(H,18,19). The van der Waals surface area contributed by atoms with Crippen LogP contribution < -0.4 is 0 Å². The molecule has 0 aliphatic rings. The van der Waals surface area contributed by atoms with E-state index in [1.807, 2.05) is 0 Å². The van der Waals surface area contributed by atoms with Gasteiger partial charge in [0.2, 0.25) is 0 Å². The maximum Gasteiger partial charge on any atom is 0.107 e. The Bertz CT molecular complexity index is 642. The zero-order valence-corrected chi connectivity index (χ0v) is 11.6. The van der Waals surface area contributed by atoms with Crippen molar-refractivity contribution in [1.29, 1.82) is 0 Å². The molecule has 1 aromatic heterocycles. The molecule has 0 fully saturated rings. The monoisotopic (exact) mass is 252 g/mol. The van der Waals surface area contributed by atoms with Crippen LogP contribution in [0.15, 0.2) is 36.4 Å². The van der Waals surface area contributed by atoms with Crippen LogP contribution >= 0.6 is 0 Å². The highest BCUT2D eigenvalue weighted by molar-refractivity contribution is 5.95. The van der Waals surface area contributed by atoms with E-state index in [1.54, 1.807) is 0 Å². The van der Waals surface area contributed by atoms with Gasteiger partial charge in [0.1, 0.15) is 5.82 Å². The minimum Gasteiger partial charge on any atom is -0.342 e. The third-order valence-electron chi connectivity index (χ3n) is 3.59. The fourth-order valence-corrected chi connectivity index (χ4v) is 2.55. The quantitative estimate of drug-likeness (QED) is 0.716. The summed E-state index contributed by atoms with van der Waals surface area (Å²) in [6, 6.07) is 12.8. The summed E-state index contributed by atoms with van der Waals surface area (Å²) in [6.45, 7) is 4.54. The van der Waals surface area contributed by atoms with E-state index < -0.39 is 0 Å². The van der Waals surface area contributed by atoms with Gasteiger partial charge in [-0.3, -0.25) is 0 Å². The Balaban J connectivity index is 1.89. The van der Waals surface area contributed by atoms with Crippen molar-refractivity contribution in [1.82, 2.24) is 9.97 Å². The largest absolute Gasteiger partial charge is 0.342 e. The van der Waals surface area contributed by atoms with Crippen molar-refractivity contribution >= 4 is 21.8 Å². The van der Waals surface area contributed by atoms with Crippen LogP contribution in [0.3, 0.4) is 0 Å². The Morgan fingerprint density at radius 3 is 2.58 bits per heavy atom. The van der Waals surface area contributed by atoms with Gasteiger partial charge in [-0.25, -0.2) is 4.98 Å². The molecule has 0 spiro atoms. The number of aromatic nitrogens is 2. The first-order valence-electron chi connectivity index (χ1n) is 7.10. The maximum absolute atomic E-state index is 4.70. The zero-order valence-electron chi connectivity index (χ0n) is 11.6. The molecule has 0 aliphatic carbocycles. The molecule has 0 unspecified atom stereocenters. The SMILES string of the molecule is CC(C)CCCc1nc2cc3ccccc3cc2[nH]1. The van der Waals surface area contributed by atoms with E-state index in [0.29, 0.717) is 0 Å². The van der Waals surface area contributed by atoms with E-state index in [9.17, 15) is 0 Å². The van der Waals surface area contributed by atoms with Gasteiger partial charge in [0.15, 0.2) is 0 Å². The molecular weight excluding hydrogens is 232 g/mol. The molecule has 0 amide bonds. The van der Waals surface area contributed by atoms with Crippen LogP contribution in [0.2, 0.25) is 0 Å². The molecule has 0 atom stereocenters. The van der Waals surface area contributed by atoms with Crippen LogP contribution in [0, 0.1) is 5.92 Å². The molecule has 3 aromatic rings. The lowest BCUT2D eigenvalue weighted by Crippen LogP contribution is -1.92. The molecule has 0 bridgehead atoms. The second-order valence-corrected chi connectivity index (χ2v) is 5.69. The van der Waals surface area contributed by atoms with Crippen LogP contribution in [0.5, 0.6) is 0 Å². The summed E-state index contributed by atoms with van der Waals surface area (Å²) in [5, 5.41) is 2.53. The predicted molar refractivity (Wildman–Crippen MR) is 81.4 cm³/mol. The van der Waals surface area contributed by atoms with Crippen molar-refractivity contribution in [2.24, 2.45) is 5.92 Å². The minimum absolute atomic E-state index is 0.770. The van der Waals surface area contributed by atoms with Gasteiger partial charge in [0.05, 0.1) is 11.0 Å². The average molecular weight is 252 g/mol. The van der Waals surface area contributed by atoms with Gasteiger partial charge in [-0.15, -0.1) is 0 Å². The van der Waals surface area contributed by atoms with Gasteiger partial charge in [0, 0.05) is 6.42 Å². The van der Waals surface area contributed by atoms with Crippen LogP contribution in [-0.2, 0) is 6.42 Å². The first-order chi connectivity index (χ1) is 9.22. The number of aromatic amines is 1. The van der Waals surface area contributed by atoms with Crippen LogP contribution in [0.25, 0.3) is 21.8 Å². The normalized spacial score (nSPS) is 11.7. The van der Waals surface area contributed by atoms with Crippen molar-refractivity contribution in [2.45, 2.75) is 33.1 Å². The lowest BCUT2D eigenvalue weighted by Gasteiger charge is -2.01. The lowest BCUT2D eigenvalue weighted by molar-refractivity contribution is 0.551. The van der Waals surface area contributed by atoms with Crippen molar-refractivity contribution in [3.8, 4) is 0 Å². The van der Waals surface area contributed by atoms with Crippen molar-refractivity contribution in [3.05, 3.63) is 42.2 Å². The number of hydrogen-bond acceptors (Lipinski definition) is 1. The van der Waals surface area contributed by atoms with Gasteiger partial charge >= 0.3 is 0 Å². The van der Waals surface area contributed by atoms with E-state index >= 15 is 0 Å².